The fraction of sp³-hybridized carbons (Fsp3) is 0.500. The molecule has 2 rings (SSSR count). The van der Waals surface area contributed by atoms with E-state index in [1.54, 1.807) is 12.1 Å². The first-order valence-electron chi connectivity index (χ1n) is 6.14. The summed E-state index contributed by atoms with van der Waals surface area (Å²) in [4.78, 5) is 2.29. The molecular weight excluding hydrogens is 215 g/mol. The molecule has 0 radical (unpaired) electrons. The fourth-order valence-electron chi connectivity index (χ4n) is 2.40. The van der Waals surface area contributed by atoms with Crippen LogP contribution in [0.2, 0.25) is 0 Å². The molecule has 1 aliphatic heterocycles. The van der Waals surface area contributed by atoms with E-state index in [1.165, 1.54) is 25.3 Å². The third kappa shape index (κ3) is 2.65. The van der Waals surface area contributed by atoms with E-state index < -0.39 is 0 Å². The molecule has 1 fully saturated rings. The first-order valence-corrected chi connectivity index (χ1v) is 6.14. The zero-order valence-electron chi connectivity index (χ0n) is 10.1. The maximum atomic E-state index is 13.9. The van der Waals surface area contributed by atoms with Gasteiger partial charge in [0.15, 0.2) is 0 Å². The van der Waals surface area contributed by atoms with Gasteiger partial charge in [0.1, 0.15) is 11.9 Å². The predicted molar refractivity (Wildman–Crippen MR) is 64.8 cm³/mol. The third-order valence-corrected chi connectivity index (χ3v) is 3.51. The van der Waals surface area contributed by atoms with Gasteiger partial charge in [-0.3, -0.25) is 4.90 Å². The van der Waals surface area contributed by atoms with E-state index in [9.17, 15) is 4.39 Å². The van der Waals surface area contributed by atoms with E-state index in [1.807, 2.05) is 6.07 Å². The second kappa shape index (κ2) is 5.29. The van der Waals surface area contributed by atoms with Crippen LogP contribution in [-0.2, 0) is 6.54 Å². The summed E-state index contributed by atoms with van der Waals surface area (Å²) in [7, 11) is 0. The van der Waals surface area contributed by atoms with Crippen LogP contribution < -0.4 is 0 Å². The van der Waals surface area contributed by atoms with Crippen LogP contribution in [0.4, 0.5) is 4.39 Å². The summed E-state index contributed by atoms with van der Waals surface area (Å²) >= 11 is 0. The number of nitriles is 1. The molecule has 17 heavy (non-hydrogen) atoms. The van der Waals surface area contributed by atoms with Gasteiger partial charge in [-0.05, 0) is 32.4 Å². The van der Waals surface area contributed by atoms with Crippen LogP contribution in [0.25, 0.3) is 0 Å². The van der Waals surface area contributed by atoms with E-state index in [-0.39, 0.29) is 11.4 Å². The highest BCUT2D eigenvalue weighted by atomic mass is 19.1. The summed E-state index contributed by atoms with van der Waals surface area (Å²) in [6.07, 6.45) is 3.63. The number of benzene rings is 1. The lowest BCUT2D eigenvalue weighted by Gasteiger charge is -2.33. The summed E-state index contributed by atoms with van der Waals surface area (Å²) < 4.78 is 13.9. The second-order valence-electron chi connectivity index (χ2n) is 4.71. The van der Waals surface area contributed by atoms with Gasteiger partial charge in [0, 0.05) is 18.2 Å². The Kier molecular flexibility index (Phi) is 3.75. The van der Waals surface area contributed by atoms with Crippen LogP contribution in [-0.4, -0.2) is 17.5 Å². The lowest BCUT2D eigenvalue weighted by molar-refractivity contribution is 0.151. The van der Waals surface area contributed by atoms with Crippen LogP contribution in [0, 0.1) is 17.1 Å². The lowest BCUT2D eigenvalue weighted by atomic mass is 10.0. The highest BCUT2D eigenvalue weighted by molar-refractivity contribution is 5.34. The van der Waals surface area contributed by atoms with Crippen molar-refractivity contribution in [2.75, 3.05) is 6.54 Å². The molecule has 0 aliphatic carbocycles. The van der Waals surface area contributed by atoms with Gasteiger partial charge in [-0.1, -0.05) is 18.6 Å². The Labute approximate surface area is 102 Å². The SMILES string of the molecule is CC1CCCCN1Cc1cccc(C#N)c1F. The molecule has 90 valence electrons. The van der Waals surface area contributed by atoms with Crippen LogP contribution in [0.5, 0.6) is 0 Å². The van der Waals surface area contributed by atoms with Gasteiger partial charge in [-0.2, -0.15) is 5.26 Å². The van der Waals surface area contributed by atoms with E-state index in [4.69, 9.17) is 5.26 Å². The van der Waals surface area contributed by atoms with Crippen molar-refractivity contribution in [2.24, 2.45) is 0 Å². The molecule has 0 saturated carbocycles. The number of likely N-dealkylation sites (tertiary alicyclic amines) is 1. The minimum absolute atomic E-state index is 0.146. The molecule has 1 heterocycles. The van der Waals surface area contributed by atoms with Gasteiger partial charge in [0.25, 0.3) is 0 Å². The zero-order chi connectivity index (χ0) is 12.3. The van der Waals surface area contributed by atoms with Crippen molar-refractivity contribution in [2.45, 2.75) is 38.8 Å². The molecule has 1 aromatic rings. The van der Waals surface area contributed by atoms with E-state index in [0.717, 1.165) is 6.54 Å². The summed E-state index contributed by atoms with van der Waals surface area (Å²) in [5.74, 6) is -0.354. The van der Waals surface area contributed by atoms with Gasteiger partial charge in [0.2, 0.25) is 0 Å². The molecule has 1 aliphatic rings. The van der Waals surface area contributed by atoms with Crippen molar-refractivity contribution >= 4 is 0 Å². The number of piperidine rings is 1. The summed E-state index contributed by atoms with van der Waals surface area (Å²) in [6.45, 7) is 3.82. The molecule has 1 saturated heterocycles. The normalized spacial score (nSPS) is 21.1. The number of hydrogen-bond donors (Lipinski definition) is 0. The van der Waals surface area contributed by atoms with Crippen molar-refractivity contribution in [3.05, 3.63) is 35.1 Å². The highest BCUT2D eigenvalue weighted by Crippen LogP contribution is 2.21. The van der Waals surface area contributed by atoms with Crippen molar-refractivity contribution in [1.82, 2.24) is 4.90 Å². The van der Waals surface area contributed by atoms with Crippen molar-refractivity contribution in [3.63, 3.8) is 0 Å². The number of nitrogens with zero attached hydrogens (tertiary/aromatic N) is 2. The molecule has 2 nitrogen and oxygen atoms in total. The molecule has 0 spiro atoms. The molecule has 0 bridgehead atoms. The standard InChI is InChI=1S/C14H17FN2/c1-11-5-2-3-8-17(11)10-13-7-4-6-12(9-16)14(13)15/h4,6-7,11H,2-3,5,8,10H2,1H3. The minimum atomic E-state index is -0.354. The van der Waals surface area contributed by atoms with E-state index in [0.29, 0.717) is 18.2 Å². The summed E-state index contributed by atoms with van der Waals surface area (Å²) in [5.41, 5.74) is 0.782. The fourth-order valence-corrected chi connectivity index (χ4v) is 2.40. The van der Waals surface area contributed by atoms with Gasteiger partial charge < -0.3 is 0 Å². The molecule has 3 heteroatoms. The average Bonchev–Trinajstić information content (AvgIpc) is 2.34. The van der Waals surface area contributed by atoms with Crippen LogP contribution in [0.3, 0.4) is 0 Å². The maximum Gasteiger partial charge on any atom is 0.145 e. The topological polar surface area (TPSA) is 27.0 Å². The average molecular weight is 232 g/mol. The summed E-state index contributed by atoms with van der Waals surface area (Å²) in [5, 5.41) is 8.80. The Bertz CT molecular complexity index is 436. The Morgan fingerprint density at radius 2 is 2.29 bits per heavy atom. The van der Waals surface area contributed by atoms with Gasteiger partial charge in [-0.15, -0.1) is 0 Å². The van der Waals surface area contributed by atoms with Crippen LogP contribution in [0.1, 0.15) is 37.3 Å². The largest absolute Gasteiger partial charge is 0.296 e. The van der Waals surface area contributed by atoms with Crippen LogP contribution >= 0.6 is 0 Å². The Morgan fingerprint density at radius 1 is 1.47 bits per heavy atom. The maximum absolute atomic E-state index is 13.9. The van der Waals surface area contributed by atoms with Crippen molar-refractivity contribution in [1.29, 1.82) is 5.26 Å². The Morgan fingerprint density at radius 3 is 3.00 bits per heavy atom. The first kappa shape index (κ1) is 12.1. The molecule has 0 N–H and O–H groups in total. The molecular formula is C14H17FN2. The lowest BCUT2D eigenvalue weighted by Crippen LogP contribution is -2.37. The van der Waals surface area contributed by atoms with Crippen molar-refractivity contribution in [3.8, 4) is 6.07 Å². The van der Waals surface area contributed by atoms with E-state index in [2.05, 4.69) is 11.8 Å². The minimum Gasteiger partial charge on any atom is -0.296 e. The first-order chi connectivity index (χ1) is 8.22. The molecule has 1 unspecified atom stereocenters. The molecule has 0 amide bonds. The third-order valence-electron chi connectivity index (χ3n) is 3.51. The monoisotopic (exact) mass is 232 g/mol. The highest BCUT2D eigenvalue weighted by Gasteiger charge is 2.19. The van der Waals surface area contributed by atoms with Crippen LogP contribution in [0.15, 0.2) is 18.2 Å². The molecule has 1 atom stereocenters. The summed E-state index contributed by atoms with van der Waals surface area (Å²) in [6, 6.07) is 7.46. The molecule has 1 aromatic carbocycles. The quantitative estimate of drug-likeness (QED) is 0.783. The molecule has 0 aromatic heterocycles. The second-order valence-corrected chi connectivity index (χ2v) is 4.71. The zero-order valence-corrected chi connectivity index (χ0v) is 10.1. The predicted octanol–water partition coefficient (Wildman–Crippen LogP) is 3.07. The van der Waals surface area contributed by atoms with Gasteiger partial charge >= 0.3 is 0 Å². The number of rotatable bonds is 2. The van der Waals surface area contributed by atoms with Gasteiger partial charge in [-0.25, -0.2) is 4.39 Å². The smallest absolute Gasteiger partial charge is 0.145 e. The Balaban J connectivity index is 2.16. The number of hydrogen-bond acceptors (Lipinski definition) is 2. The number of halogens is 1. The van der Waals surface area contributed by atoms with E-state index >= 15 is 0 Å². The van der Waals surface area contributed by atoms with Crippen molar-refractivity contribution < 1.29 is 4.39 Å². The Hall–Kier alpha value is -1.40. The van der Waals surface area contributed by atoms with Gasteiger partial charge in [0.05, 0.1) is 5.56 Å².